The van der Waals surface area contributed by atoms with Crippen molar-refractivity contribution in [2.75, 3.05) is 32.5 Å². The lowest BCUT2D eigenvalue weighted by atomic mass is 10.0. The summed E-state index contributed by atoms with van der Waals surface area (Å²) < 4.78 is 0. The number of nitrogens with one attached hydrogen (secondary N) is 1. The molecule has 126 valence electrons. The first-order chi connectivity index (χ1) is 10.9. The number of halogens is 1. The largest absolute Gasteiger partial charge is 0.375 e. The molecule has 1 aromatic carbocycles. The van der Waals surface area contributed by atoms with Gasteiger partial charge in [0.15, 0.2) is 0 Å². The number of hydrogen-bond donors (Lipinski definition) is 1. The molecular formula is C17H24ClN3O2. The molecule has 0 radical (unpaired) electrons. The molecule has 2 rings (SSSR count). The Bertz CT molecular complexity index is 589. The average molecular weight is 338 g/mol. The molecule has 6 heteroatoms. The van der Waals surface area contributed by atoms with Crippen molar-refractivity contribution in [2.45, 2.75) is 32.2 Å². The molecule has 0 aliphatic carbocycles. The van der Waals surface area contributed by atoms with Gasteiger partial charge in [-0.3, -0.25) is 9.59 Å². The molecule has 1 atom stereocenters. The molecular weight excluding hydrogens is 314 g/mol. The number of anilines is 1. The Hall–Kier alpha value is -1.75. The van der Waals surface area contributed by atoms with E-state index < -0.39 is 0 Å². The van der Waals surface area contributed by atoms with E-state index in [4.69, 9.17) is 11.6 Å². The maximum atomic E-state index is 12.4. The van der Waals surface area contributed by atoms with E-state index in [1.807, 2.05) is 4.90 Å². The lowest BCUT2D eigenvalue weighted by molar-refractivity contribution is -0.132. The van der Waals surface area contributed by atoms with Crippen LogP contribution in [-0.2, 0) is 4.79 Å². The van der Waals surface area contributed by atoms with E-state index in [2.05, 4.69) is 12.2 Å². The molecule has 0 unspecified atom stereocenters. The van der Waals surface area contributed by atoms with Gasteiger partial charge >= 0.3 is 0 Å². The molecule has 23 heavy (non-hydrogen) atoms. The lowest BCUT2D eigenvalue weighted by Gasteiger charge is -2.33. The van der Waals surface area contributed by atoms with Gasteiger partial charge in [0.05, 0.1) is 17.3 Å². The van der Waals surface area contributed by atoms with Crippen LogP contribution in [0.2, 0.25) is 5.02 Å². The molecule has 2 amide bonds. The predicted molar refractivity (Wildman–Crippen MR) is 93.0 cm³/mol. The van der Waals surface area contributed by atoms with E-state index in [0.717, 1.165) is 19.4 Å². The van der Waals surface area contributed by atoms with E-state index in [9.17, 15) is 9.59 Å². The first-order valence-corrected chi connectivity index (χ1v) is 8.32. The Morgan fingerprint density at radius 2 is 2.09 bits per heavy atom. The molecule has 1 fully saturated rings. The van der Waals surface area contributed by atoms with Crippen molar-refractivity contribution in [3.05, 3.63) is 28.8 Å². The molecule has 1 heterocycles. The Kier molecular flexibility index (Phi) is 5.88. The SMILES string of the molecule is C[C@@H]1CCCCN1C(=O)CNc1cc(C(=O)N(C)C)ccc1Cl. The van der Waals surface area contributed by atoms with Crippen molar-refractivity contribution in [3.8, 4) is 0 Å². The summed E-state index contributed by atoms with van der Waals surface area (Å²) in [5, 5.41) is 3.57. The highest BCUT2D eigenvalue weighted by molar-refractivity contribution is 6.33. The second kappa shape index (κ2) is 7.68. The number of benzene rings is 1. The molecule has 1 aliphatic heterocycles. The quantitative estimate of drug-likeness (QED) is 0.919. The van der Waals surface area contributed by atoms with Crippen LogP contribution >= 0.6 is 11.6 Å². The fourth-order valence-electron chi connectivity index (χ4n) is 2.79. The number of amides is 2. The van der Waals surface area contributed by atoms with E-state index in [1.165, 1.54) is 11.3 Å². The second-order valence-electron chi connectivity index (χ2n) is 6.18. The van der Waals surface area contributed by atoms with Crippen LogP contribution in [0.25, 0.3) is 0 Å². The summed E-state index contributed by atoms with van der Waals surface area (Å²) in [5.41, 5.74) is 1.15. The van der Waals surface area contributed by atoms with Crippen molar-refractivity contribution in [1.82, 2.24) is 9.80 Å². The molecule has 1 N–H and O–H groups in total. The highest BCUT2D eigenvalue weighted by Gasteiger charge is 2.23. The van der Waals surface area contributed by atoms with Gasteiger partial charge in [-0.1, -0.05) is 11.6 Å². The zero-order valence-corrected chi connectivity index (χ0v) is 14.7. The van der Waals surface area contributed by atoms with Crippen LogP contribution in [0.15, 0.2) is 18.2 Å². The third kappa shape index (κ3) is 4.38. The summed E-state index contributed by atoms with van der Waals surface area (Å²) in [4.78, 5) is 27.8. The normalized spacial score (nSPS) is 17.7. The van der Waals surface area contributed by atoms with Gasteiger partial charge in [-0.05, 0) is 44.4 Å². The smallest absolute Gasteiger partial charge is 0.253 e. The first-order valence-electron chi connectivity index (χ1n) is 7.94. The zero-order valence-electron chi connectivity index (χ0n) is 13.9. The Balaban J connectivity index is 2.03. The highest BCUT2D eigenvalue weighted by Crippen LogP contribution is 2.24. The maximum Gasteiger partial charge on any atom is 0.253 e. The van der Waals surface area contributed by atoms with Crippen LogP contribution < -0.4 is 5.32 Å². The summed E-state index contributed by atoms with van der Waals surface area (Å²) in [6, 6.07) is 5.34. The maximum absolute atomic E-state index is 12.4. The van der Waals surface area contributed by atoms with Crippen molar-refractivity contribution in [3.63, 3.8) is 0 Å². The molecule has 0 bridgehead atoms. The van der Waals surface area contributed by atoms with Gasteiger partial charge in [-0.25, -0.2) is 0 Å². The summed E-state index contributed by atoms with van der Waals surface area (Å²) in [7, 11) is 3.40. The molecule has 1 aliphatic rings. The van der Waals surface area contributed by atoms with E-state index >= 15 is 0 Å². The minimum absolute atomic E-state index is 0.0672. The Morgan fingerprint density at radius 3 is 2.74 bits per heavy atom. The number of carbonyl (C=O) groups excluding carboxylic acids is 2. The molecule has 0 aromatic heterocycles. The van der Waals surface area contributed by atoms with Crippen LogP contribution in [0.1, 0.15) is 36.5 Å². The van der Waals surface area contributed by atoms with E-state index in [-0.39, 0.29) is 24.4 Å². The van der Waals surface area contributed by atoms with Crippen LogP contribution in [0, 0.1) is 0 Å². The van der Waals surface area contributed by atoms with E-state index in [1.54, 1.807) is 32.3 Å². The van der Waals surface area contributed by atoms with Gasteiger partial charge in [0.25, 0.3) is 5.91 Å². The van der Waals surface area contributed by atoms with Gasteiger partial charge in [-0.15, -0.1) is 0 Å². The first kappa shape index (κ1) is 17.6. The fraction of sp³-hybridized carbons (Fsp3) is 0.529. The van der Waals surface area contributed by atoms with Crippen molar-refractivity contribution in [2.24, 2.45) is 0 Å². The summed E-state index contributed by atoms with van der Waals surface area (Å²) in [5.74, 6) is -0.0294. The number of piperidine rings is 1. The molecule has 0 saturated carbocycles. The summed E-state index contributed by atoms with van der Waals surface area (Å²) in [6.07, 6.45) is 3.29. The second-order valence-corrected chi connectivity index (χ2v) is 6.59. The third-order valence-electron chi connectivity index (χ3n) is 4.17. The van der Waals surface area contributed by atoms with Crippen molar-refractivity contribution >= 4 is 29.1 Å². The van der Waals surface area contributed by atoms with Crippen LogP contribution in [-0.4, -0.2) is 54.8 Å². The monoisotopic (exact) mass is 337 g/mol. The van der Waals surface area contributed by atoms with Crippen LogP contribution in [0.5, 0.6) is 0 Å². The summed E-state index contributed by atoms with van der Waals surface area (Å²) >= 11 is 6.17. The lowest BCUT2D eigenvalue weighted by Crippen LogP contribution is -2.44. The van der Waals surface area contributed by atoms with Crippen molar-refractivity contribution < 1.29 is 9.59 Å². The molecule has 0 spiro atoms. The summed E-state index contributed by atoms with van der Waals surface area (Å²) in [6.45, 7) is 3.08. The van der Waals surface area contributed by atoms with Gasteiger partial charge in [0, 0.05) is 32.2 Å². The predicted octanol–water partition coefficient (Wildman–Crippen LogP) is 2.85. The number of rotatable bonds is 4. The standard InChI is InChI=1S/C17H24ClN3O2/c1-12-6-4-5-9-21(12)16(22)11-19-15-10-13(7-8-14(15)18)17(23)20(2)3/h7-8,10,12,19H,4-6,9,11H2,1-3H3/t12-/m1/s1. The number of carbonyl (C=O) groups is 2. The molecule has 5 nitrogen and oxygen atoms in total. The number of nitrogens with zero attached hydrogens (tertiary/aromatic N) is 2. The van der Waals surface area contributed by atoms with Gasteiger partial charge in [0.1, 0.15) is 0 Å². The van der Waals surface area contributed by atoms with Crippen LogP contribution in [0.3, 0.4) is 0 Å². The molecule has 1 saturated heterocycles. The minimum atomic E-state index is -0.0966. The van der Waals surface area contributed by atoms with Crippen LogP contribution in [0.4, 0.5) is 5.69 Å². The Morgan fingerprint density at radius 1 is 1.35 bits per heavy atom. The fourth-order valence-corrected chi connectivity index (χ4v) is 2.98. The average Bonchev–Trinajstić information content (AvgIpc) is 2.53. The van der Waals surface area contributed by atoms with Crippen molar-refractivity contribution in [1.29, 1.82) is 0 Å². The van der Waals surface area contributed by atoms with Gasteiger partial charge in [0.2, 0.25) is 5.91 Å². The van der Waals surface area contributed by atoms with Gasteiger partial charge < -0.3 is 15.1 Å². The zero-order chi connectivity index (χ0) is 17.0. The number of likely N-dealkylation sites (tertiary alicyclic amines) is 1. The third-order valence-corrected chi connectivity index (χ3v) is 4.50. The molecule has 1 aromatic rings. The van der Waals surface area contributed by atoms with Gasteiger partial charge in [-0.2, -0.15) is 0 Å². The Labute approximate surface area is 142 Å². The topological polar surface area (TPSA) is 52.7 Å². The van der Waals surface area contributed by atoms with E-state index in [0.29, 0.717) is 16.3 Å². The minimum Gasteiger partial charge on any atom is -0.375 e. The highest BCUT2D eigenvalue weighted by atomic mass is 35.5. The number of hydrogen-bond acceptors (Lipinski definition) is 3.